The Morgan fingerprint density at radius 3 is 2.94 bits per heavy atom. The SMILES string of the molecule is C=CC(=O)N1CCC[C@@H](Nc2nc(Nc3ccc4c(c3)CN(C3COC3)CC4)ncc2F)C1. The predicted molar refractivity (Wildman–Crippen MR) is 124 cm³/mol. The van der Waals surface area contributed by atoms with Gasteiger partial charge < -0.3 is 20.3 Å². The predicted octanol–water partition coefficient (Wildman–Crippen LogP) is 2.71. The molecule has 0 bridgehead atoms. The summed E-state index contributed by atoms with van der Waals surface area (Å²) in [6.07, 6.45) is 5.19. The monoisotopic (exact) mass is 452 g/mol. The summed E-state index contributed by atoms with van der Waals surface area (Å²) in [4.78, 5) is 24.6. The minimum absolute atomic E-state index is 0.0786. The van der Waals surface area contributed by atoms with Gasteiger partial charge in [0.05, 0.1) is 25.5 Å². The highest BCUT2D eigenvalue weighted by atomic mass is 19.1. The van der Waals surface area contributed by atoms with Gasteiger partial charge in [-0.1, -0.05) is 12.6 Å². The number of halogens is 1. The van der Waals surface area contributed by atoms with Crippen LogP contribution in [0.25, 0.3) is 0 Å². The van der Waals surface area contributed by atoms with E-state index in [1.165, 1.54) is 23.4 Å². The molecule has 3 aliphatic rings. The first-order valence-corrected chi connectivity index (χ1v) is 11.5. The molecule has 2 aromatic rings. The van der Waals surface area contributed by atoms with Gasteiger partial charge in [0, 0.05) is 37.9 Å². The van der Waals surface area contributed by atoms with Crippen LogP contribution in [0, 0.1) is 5.82 Å². The molecule has 3 aliphatic heterocycles. The lowest BCUT2D eigenvalue weighted by atomic mass is 9.97. The van der Waals surface area contributed by atoms with Crippen LogP contribution in [0.15, 0.2) is 37.1 Å². The third-order valence-electron chi connectivity index (χ3n) is 6.63. The average Bonchev–Trinajstić information content (AvgIpc) is 2.79. The van der Waals surface area contributed by atoms with Crippen molar-refractivity contribution in [3.05, 3.63) is 54.0 Å². The molecule has 8 nitrogen and oxygen atoms in total. The number of ether oxygens (including phenoxy) is 1. The van der Waals surface area contributed by atoms with Gasteiger partial charge in [0.25, 0.3) is 0 Å². The number of anilines is 3. The van der Waals surface area contributed by atoms with E-state index in [-0.39, 0.29) is 17.8 Å². The second-order valence-corrected chi connectivity index (χ2v) is 8.88. The molecule has 5 rings (SSSR count). The lowest BCUT2D eigenvalue weighted by Gasteiger charge is -2.40. The number of piperidine rings is 1. The standard InChI is InChI=1S/C24H29FN6O2/c1-2-22(32)31-8-3-4-19(13-31)27-23-21(25)11-26-24(29-23)28-18-6-5-16-7-9-30(12-17(16)10-18)20-14-33-15-20/h2,5-6,10-11,19-20H,1,3-4,7-9,12-15H2,(H2,26,27,28,29)/t19-/m1/s1. The summed E-state index contributed by atoms with van der Waals surface area (Å²) < 4.78 is 19.8. The molecular weight excluding hydrogens is 423 g/mol. The maximum absolute atomic E-state index is 14.4. The van der Waals surface area contributed by atoms with E-state index >= 15 is 0 Å². The van der Waals surface area contributed by atoms with Crippen LogP contribution >= 0.6 is 0 Å². The van der Waals surface area contributed by atoms with Crippen molar-refractivity contribution in [3.8, 4) is 0 Å². The normalized spacial score (nSPS) is 21.1. The second kappa shape index (κ2) is 9.44. The van der Waals surface area contributed by atoms with E-state index < -0.39 is 5.82 Å². The zero-order valence-electron chi connectivity index (χ0n) is 18.6. The molecule has 1 aromatic carbocycles. The topological polar surface area (TPSA) is 82.6 Å². The van der Waals surface area contributed by atoms with Crippen molar-refractivity contribution >= 4 is 23.4 Å². The van der Waals surface area contributed by atoms with Gasteiger partial charge >= 0.3 is 0 Å². The highest BCUT2D eigenvalue weighted by molar-refractivity contribution is 5.87. The fourth-order valence-corrected chi connectivity index (χ4v) is 4.68. The molecule has 2 fully saturated rings. The molecule has 0 unspecified atom stereocenters. The number of carbonyl (C=O) groups is 1. The summed E-state index contributed by atoms with van der Waals surface area (Å²) in [5, 5.41) is 6.37. The maximum atomic E-state index is 14.4. The first-order valence-electron chi connectivity index (χ1n) is 11.5. The number of carbonyl (C=O) groups excluding carboxylic acids is 1. The summed E-state index contributed by atoms with van der Waals surface area (Å²) in [7, 11) is 0. The quantitative estimate of drug-likeness (QED) is 0.652. The molecule has 4 heterocycles. The molecule has 0 saturated carbocycles. The molecule has 1 amide bonds. The first kappa shape index (κ1) is 21.8. The molecule has 0 aliphatic carbocycles. The fourth-order valence-electron chi connectivity index (χ4n) is 4.68. The van der Waals surface area contributed by atoms with Crippen LogP contribution in [0.1, 0.15) is 24.0 Å². The maximum Gasteiger partial charge on any atom is 0.246 e. The van der Waals surface area contributed by atoms with E-state index in [0.717, 1.165) is 51.3 Å². The van der Waals surface area contributed by atoms with Crippen molar-refractivity contribution in [2.75, 3.05) is 43.5 Å². The summed E-state index contributed by atoms with van der Waals surface area (Å²) in [5.41, 5.74) is 3.52. The van der Waals surface area contributed by atoms with E-state index in [4.69, 9.17) is 4.74 Å². The van der Waals surface area contributed by atoms with Crippen molar-refractivity contribution in [2.45, 2.75) is 37.9 Å². The minimum atomic E-state index is -0.517. The van der Waals surface area contributed by atoms with Crippen molar-refractivity contribution in [3.63, 3.8) is 0 Å². The van der Waals surface area contributed by atoms with Gasteiger partial charge in [-0.25, -0.2) is 9.37 Å². The summed E-state index contributed by atoms with van der Waals surface area (Å²) >= 11 is 0. The van der Waals surface area contributed by atoms with E-state index in [0.29, 0.717) is 25.1 Å². The number of aromatic nitrogens is 2. The Balaban J connectivity index is 1.27. The fraction of sp³-hybridized carbons (Fsp3) is 0.458. The molecule has 9 heteroatoms. The average molecular weight is 453 g/mol. The van der Waals surface area contributed by atoms with Gasteiger partial charge in [0.2, 0.25) is 11.9 Å². The third kappa shape index (κ3) is 4.84. The van der Waals surface area contributed by atoms with Gasteiger partial charge in [-0.3, -0.25) is 9.69 Å². The van der Waals surface area contributed by atoms with Crippen LogP contribution in [-0.2, 0) is 22.5 Å². The second-order valence-electron chi connectivity index (χ2n) is 8.88. The van der Waals surface area contributed by atoms with E-state index in [9.17, 15) is 9.18 Å². The largest absolute Gasteiger partial charge is 0.378 e. The number of amides is 1. The molecule has 2 N–H and O–H groups in total. The Morgan fingerprint density at radius 1 is 1.27 bits per heavy atom. The number of nitrogens with one attached hydrogen (secondary N) is 2. The van der Waals surface area contributed by atoms with Crippen molar-refractivity contribution in [1.29, 1.82) is 0 Å². The molecule has 0 spiro atoms. The Morgan fingerprint density at radius 2 is 2.15 bits per heavy atom. The van der Waals surface area contributed by atoms with Crippen molar-refractivity contribution in [1.82, 2.24) is 19.8 Å². The van der Waals surface area contributed by atoms with Crippen LogP contribution in [0.5, 0.6) is 0 Å². The zero-order chi connectivity index (χ0) is 22.8. The smallest absolute Gasteiger partial charge is 0.246 e. The van der Waals surface area contributed by atoms with Crippen LogP contribution < -0.4 is 10.6 Å². The lowest BCUT2D eigenvalue weighted by molar-refractivity contribution is -0.127. The van der Waals surface area contributed by atoms with Crippen LogP contribution in [0.2, 0.25) is 0 Å². The van der Waals surface area contributed by atoms with Gasteiger partial charge in [-0.15, -0.1) is 0 Å². The number of benzene rings is 1. The van der Waals surface area contributed by atoms with Gasteiger partial charge in [0.1, 0.15) is 0 Å². The van der Waals surface area contributed by atoms with Crippen molar-refractivity contribution in [2.24, 2.45) is 0 Å². The molecule has 1 aromatic heterocycles. The van der Waals surface area contributed by atoms with Gasteiger partial charge in [-0.2, -0.15) is 4.98 Å². The van der Waals surface area contributed by atoms with Crippen LogP contribution in [0.3, 0.4) is 0 Å². The molecule has 33 heavy (non-hydrogen) atoms. The van der Waals surface area contributed by atoms with Gasteiger partial charge in [-0.05, 0) is 48.6 Å². The molecule has 0 radical (unpaired) electrons. The number of hydrogen-bond acceptors (Lipinski definition) is 7. The molecule has 1 atom stereocenters. The number of fused-ring (bicyclic) bond motifs is 1. The number of likely N-dealkylation sites (tertiary alicyclic amines) is 1. The summed E-state index contributed by atoms with van der Waals surface area (Å²) in [5.74, 6) is -0.160. The number of hydrogen-bond donors (Lipinski definition) is 2. The zero-order valence-corrected chi connectivity index (χ0v) is 18.6. The molecule has 174 valence electrons. The Hall–Kier alpha value is -3.04. The van der Waals surface area contributed by atoms with E-state index in [2.05, 4.69) is 44.2 Å². The van der Waals surface area contributed by atoms with Crippen LogP contribution in [0.4, 0.5) is 21.8 Å². The van der Waals surface area contributed by atoms with Crippen molar-refractivity contribution < 1.29 is 13.9 Å². The lowest BCUT2D eigenvalue weighted by Crippen LogP contribution is -2.50. The van der Waals surface area contributed by atoms with Crippen LogP contribution in [-0.4, -0.2) is 70.6 Å². The first-order chi connectivity index (χ1) is 16.1. The highest BCUT2D eigenvalue weighted by Gasteiger charge is 2.29. The third-order valence-corrected chi connectivity index (χ3v) is 6.63. The number of nitrogens with zero attached hydrogens (tertiary/aromatic N) is 4. The number of rotatable bonds is 6. The summed E-state index contributed by atoms with van der Waals surface area (Å²) in [6, 6.07) is 6.72. The molecule has 2 saturated heterocycles. The minimum Gasteiger partial charge on any atom is -0.378 e. The van der Waals surface area contributed by atoms with E-state index in [1.54, 1.807) is 4.90 Å². The Labute approximate surface area is 192 Å². The summed E-state index contributed by atoms with van der Waals surface area (Å²) in [6.45, 7) is 8.31. The highest BCUT2D eigenvalue weighted by Crippen LogP contribution is 2.27. The van der Waals surface area contributed by atoms with E-state index in [1.807, 2.05) is 6.07 Å². The Bertz CT molecular complexity index is 1040. The Kier molecular flexibility index (Phi) is 6.24. The molecular formula is C24H29FN6O2. The van der Waals surface area contributed by atoms with Gasteiger partial charge in [0.15, 0.2) is 11.6 Å².